The molecular formula is C14H13BrFNO2S. The van der Waals surface area contributed by atoms with Gasteiger partial charge >= 0.3 is 5.97 Å². The molecule has 106 valence electrons. The molecule has 1 aromatic heterocycles. The highest BCUT2D eigenvalue weighted by atomic mass is 79.9. The van der Waals surface area contributed by atoms with E-state index in [4.69, 9.17) is 5.11 Å². The number of hydrogen-bond acceptors (Lipinski definition) is 3. The van der Waals surface area contributed by atoms with Crippen LogP contribution in [-0.4, -0.2) is 17.6 Å². The van der Waals surface area contributed by atoms with Gasteiger partial charge in [0.2, 0.25) is 0 Å². The summed E-state index contributed by atoms with van der Waals surface area (Å²) < 4.78 is 14.6. The summed E-state index contributed by atoms with van der Waals surface area (Å²) in [6.07, 6.45) is 0.858. The maximum atomic E-state index is 13.5. The number of aromatic carboxylic acids is 1. The van der Waals surface area contributed by atoms with Crippen molar-refractivity contribution in [2.24, 2.45) is 0 Å². The van der Waals surface area contributed by atoms with Crippen molar-refractivity contribution in [2.75, 3.05) is 6.54 Å². The van der Waals surface area contributed by atoms with Crippen LogP contribution in [-0.2, 0) is 13.0 Å². The number of thiophene rings is 1. The van der Waals surface area contributed by atoms with Gasteiger partial charge in [-0.05, 0) is 52.7 Å². The fraction of sp³-hybridized carbons (Fsp3) is 0.214. The third-order valence-corrected chi connectivity index (χ3v) is 4.47. The molecule has 0 aliphatic carbocycles. The van der Waals surface area contributed by atoms with Crippen molar-refractivity contribution in [3.63, 3.8) is 0 Å². The Bertz CT molecular complexity index is 615. The van der Waals surface area contributed by atoms with Crippen LogP contribution in [0.3, 0.4) is 0 Å². The fourth-order valence-electron chi connectivity index (χ4n) is 1.76. The molecule has 0 bridgehead atoms. The second kappa shape index (κ2) is 6.97. The Balaban J connectivity index is 1.87. The molecule has 3 nitrogen and oxygen atoms in total. The zero-order valence-corrected chi connectivity index (χ0v) is 12.9. The highest BCUT2D eigenvalue weighted by Crippen LogP contribution is 2.22. The molecule has 0 amide bonds. The van der Waals surface area contributed by atoms with Gasteiger partial charge in [-0.1, -0.05) is 0 Å². The fourth-order valence-corrected chi connectivity index (χ4v) is 3.25. The van der Waals surface area contributed by atoms with Crippen molar-refractivity contribution in [3.8, 4) is 0 Å². The van der Waals surface area contributed by atoms with Crippen LogP contribution in [0.5, 0.6) is 0 Å². The first-order valence-electron chi connectivity index (χ1n) is 6.03. The zero-order valence-electron chi connectivity index (χ0n) is 10.5. The lowest BCUT2D eigenvalue weighted by Crippen LogP contribution is -2.17. The third kappa shape index (κ3) is 4.13. The number of hydrogen-bond donors (Lipinski definition) is 2. The minimum Gasteiger partial charge on any atom is -0.478 e. The van der Waals surface area contributed by atoms with Crippen LogP contribution in [0.4, 0.5) is 4.39 Å². The van der Waals surface area contributed by atoms with Gasteiger partial charge in [0.25, 0.3) is 0 Å². The summed E-state index contributed by atoms with van der Waals surface area (Å²) in [5.74, 6) is -1.43. The largest absolute Gasteiger partial charge is 0.478 e. The number of rotatable bonds is 6. The van der Waals surface area contributed by atoms with E-state index < -0.39 is 5.97 Å². The van der Waals surface area contributed by atoms with E-state index in [-0.39, 0.29) is 11.4 Å². The van der Waals surface area contributed by atoms with E-state index in [0.717, 1.165) is 10.2 Å². The summed E-state index contributed by atoms with van der Waals surface area (Å²) in [6, 6.07) is 7.87. The molecule has 0 spiro atoms. The molecule has 2 aromatic rings. The topological polar surface area (TPSA) is 49.3 Å². The molecule has 2 N–H and O–H groups in total. The maximum absolute atomic E-state index is 13.5. The van der Waals surface area contributed by atoms with Crippen LogP contribution in [0.1, 0.15) is 20.8 Å². The lowest BCUT2D eigenvalue weighted by Gasteiger charge is -2.06. The average Bonchev–Trinajstić information content (AvgIpc) is 2.82. The van der Waals surface area contributed by atoms with E-state index in [1.807, 2.05) is 12.1 Å². The van der Waals surface area contributed by atoms with Crippen molar-refractivity contribution < 1.29 is 14.3 Å². The van der Waals surface area contributed by atoms with Gasteiger partial charge in [-0.15, -0.1) is 11.3 Å². The molecule has 1 aromatic carbocycles. The third-order valence-electron chi connectivity index (χ3n) is 2.79. The van der Waals surface area contributed by atoms with E-state index >= 15 is 0 Å². The number of halogens is 2. The van der Waals surface area contributed by atoms with Crippen molar-refractivity contribution in [1.82, 2.24) is 5.32 Å². The van der Waals surface area contributed by atoms with Gasteiger partial charge in [-0.25, -0.2) is 9.18 Å². The smallest absolute Gasteiger partial charge is 0.335 e. The molecule has 0 unspecified atom stereocenters. The van der Waals surface area contributed by atoms with E-state index in [9.17, 15) is 9.18 Å². The van der Waals surface area contributed by atoms with E-state index in [2.05, 4.69) is 21.2 Å². The number of carbonyl (C=O) groups is 1. The Morgan fingerprint density at radius 3 is 2.80 bits per heavy atom. The summed E-state index contributed by atoms with van der Waals surface area (Å²) in [4.78, 5) is 12.1. The molecule has 20 heavy (non-hydrogen) atoms. The monoisotopic (exact) mass is 357 g/mol. The normalized spacial score (nSPS) is 10.7. The van der Waals surface area contributed by atoms with Gasteiger partial charge in [0.1, 0.15) is 5.82 Å². The lowest BCUT2D eigenvalue weighted by atomic mass is 10.1. The van der Waals surface area contributed by atoms with Crippen LogP contribution in [0.15, 0.2) is 34.1 Å². The molecule has 1 heterocycles. The van der Waals surface area contributed by atoms with Crippen LogP contribution >= 0.6 is 27.3 Å². The molecule has 0 fully saturated rings. The van der Waals surface area contributed by atoms with Crippen LogP contribution in [0.2, 0.25) is 0 Å². The lowest BCUT2D eigenvalue weighted by molar-refractivity contribution is 0.0696. The molecule has 0 radical (unpaired) electrons. The minimum absolute atomic E-state index is 0.102. The van der Waals surface area contributed by atoms with Gasteiger partial charge in [0.15, 0.2) is 0 Å². The summed E-state index contributed by atoms with van der Waals surface area (Å²) in [5.41, 5.74) is 0.475. The molecule has 0 saturated heterocycles. The minimum atomic E-state index is -1.05. The molecule has 0 saturated carbocycles. The second-order valence-electron chi connectivity index (χ2n) is 4.24. The van der Waals surface area contributed by atoms with Crippen molar-refractivity contribution in [2.45, 2.75) is 13.0 Å². The van der Waals surface area contributed by atoms with E-state index in [1.54, 1.807) is 11.3 Å². The molecule has 0 atom stereocenters. The Labute approximate surface area is 128 Å². The summed E-state index contributed by atoms with van der Waals surface area (Å²) >= 11 is 5.07. The Hall–Kier alpha value is -1.24. The van der Waals surface area contributed by atoms with Crippen LogP contribution < -0.4 is 5.32 Å². The number of benzene rings is 1. The first-order chi connectivity index (χ1) is 9.56. The van der Waals surface area contributed by atoms with Crippen molar-refractivity contribution in [3.05, 3.63) is 55.9 Å². The SMILES string of the molecule is O=C(O)c1ccc(F)c(CNCCc2ccc(Br)s2)c1. The summed E-state index contributed by atoms with van der Waals surface area (Å²) in [6.45, 7) is 1.03. The standard InChI is InChI=1S/C14H13BrFNO2S/c15-13-4-2-11(20-13)5-6-17-8-10-7-9(14(18)19)1-3-12(10)16/h1-4,7,17H,5-6,8H2,(H,18,19). The first kappa shape index (κ1) is 15.2. The van der Waals surface area contributed by atoms with Crippen molar-refractivity contribution in [1.29, 1.82) is 0 Å². The number of carboxylic acid groups (broad SMARTS) is 1. The number of nitrogens with one attached hydrogen (secondary N) is 1. The van der Waals surface area contributed by atoms with E-state index in [0.29, 0.717) is 18.7 Å². The summed E-state index contributed by atoms with van der Waals surface area (Å²) in [7, 11) is 0. The molecule has 6 heteroatoms. The Morgan fingerprint density at radius 1 is 1.35 bits per heavy atom. The Morgan fingerprint density at radius 2 is 2.15 bits per heavy atom. The van der Waals surface area contributed by atoms with Crippen LogP contribution in [0.25, 0.3) is 0 Å². The molecule has 0 aliphatic rings. The number of carboxylic acids is 1. The van der Waals surface area contributed by atoms with Gasteiger partial charge < -0.3 is 10.4 Å². The van der Waals surface area contributed by atoms with E-state index in [1.165, 1.54) is 23.1 Å². The predicted octanol–water partition coefficient (Wildman–Crippen LogP) is 3.68. The quantitative estimate of drug-likeness (QED) is 0.775. The van der Waals surface area contributed by atoms with Gasteiger partial charge in [0.05, 0.1) is 9.35 Å². The highest BCUT2D eigenvalue weighted by Gasteiger charge is 2.08. The molecular weight excluding hydrogens is 345 g/mol. The van der Waals surface area contributed by atoms with Gasteiger partial charge in [-0.2, -0.15) is 0 Å². The van der Waals surface area contributed by atoms with Gasteiger partial charge in [0, 0.05) is 23.5 Å². The van der Waals surface area contributed by atoms with Gasteiger partial charge in [-0.3, -0.25) is 0 Å². The second-order valence-corrected chi connectivity index (χ2v) is 6.79. The summed E-state index contributed by atoms with van der Waals surface area (Å²) in [5, 5.41) is 12.0. The highest BCUT2D eigenvalue weighted by molar-refractivity contribution is 9.11. The first-order valence-corrected chi connectivity index (χ1v) is 7.64. The van der Waals surface area contributed by atoms with Crippen molar-refractivity contribution >= 4 is 33.2 Å². The van der Waals surface area contributed by atoms with Crippen LogP contribution in [0, 0.1) is 5.82 Å². The molecule has 0 aliphatic heterocycles. The average molecular weight is 358 g/mol. The molecule has 2 rings (SSSR count). The predicted molar refractivity (Wildman–Crippen MR) is 80.8 cm³/mol. The zero-order chi connectivity index (χ0) is 14.5. The maximum Gasteiger partial charge on any atom is 0.335 e. The Kier molecular flexibility index (Phi) is 5.28.